The fraction of sp³-hybridized carbons (Fsp3) is 0.435. The van der Waals surface area contributed by atoms with E-state index in [1.54, 1.807) is 18.2 Å². The Morgan fingerprint density at radius 2 is 1.73 bits per heavy atom. The number of benzene rings is 2. The van der Waals surface area contributed by atoms with Crippen LogP contribution < -0.4 is 14.8 Å². The van der Waals surface area contributed by atoms with E-state index in [0.717, 1.165) is 5.56 Å². The number of nitrogens with one attached hydrogen (secondary N) is 1. The maximum Gasteiger partial charge on any atom is 0.223 e. The molecule has 2 heterocycles. The van der Waals surface area contributed by atoms with Crippen LogP contribution in [0, 0.1) is 5.92 Å². The number of piperidine rings is 1. The Balaban J connectivity index is 1.33. The minimum atomic E-state index is -3.60. The van der Waals surface area contributed by atoms with Crippen LogP contribution in [0.5, 0.6) is 11.5 Å². The number of ether oxygens (including phenoxy) is 2. The lowest BCUT2D eigenvalue weighted by Crippen LogP contribution is -2.43. The van der Waals surface area contributed by atoms with Crippen LogP contribution in [0.3, 0.4) is 0 Å². The van der Waals surface area contributed by atoms with Gasteiger partial charge in [-0.3, -0.25) is 4.79 Å². The fourth-order valence-electron chi connectivity index (χ4n) is 4.08. The fourth-order valence-corrected chi connectivity index (χ4v) is 6.40. The number of carbonyl (C=O) groups excluding carboxylic acids is 1. The van der Waals surface area contributed by atoms with E-state index in [1.165, 1.54) is 4.31 Å². The lowest BCUT2D eigenvalue weighted by atomic mass is 9.96. The lowest BCUT2D eigenvalue weighted by molar-refractivity contribution is -0.126. The highest BCUT2D eigenvalue weighted by molar-refractivity contribution is 7.88. The largest absolute Gasteiger partial charge is 0.486 e. The molecule has 0 aromatic heterocycles. The molecule has 0 radical (unpaired) electrons. The molecule has 1 atom stereocenters. The molecule has 1 N–H and O–H groups in total. The number of rotatable bonds is 6. The first kappa shape index (κ1) is 24.1. The van der Waals surface area contributed by atoms with Crippen molar-refractivity contribution in [3.63, 3.8) is 0 Å². The molecule has 2 aromatic carbocycles. The normalized spacial score (nSPS) is 18.0. The van der Waals surface area contributed by atoms with Crippen LogP contribution in [0.4, 0.5) is 0 Å². The Morgan fingerprint density at radius 1 is 1.09 bits per heavy atom. The third kappa shape index (κ3) is 5.57. The van der Waals surface area contributed by atoms with Crippen molar-refractivity contribution in [3.8, 4) is 11.5 Å². The van der Waals surface area contributed by atoms with E-state index < -0.39 is 10.0 Å². The quantitative estimate of drug-likeness (QED) is 0.627. The van der Waals surface area contributed by atoms with Crippen molar-refractivity contribution < 1.29 is 22.7 Å². The molecule has 0 spiro atoms. The van der Waals surface area contributed by atoms with Gasteiger partial charge in [-0.05, 0) is 49.6 Å². The highest BCUT2D eigenvalue weighted by atomic mass is 35.5. The van der Waals surface area contributed by atoms with Crippen molar-refractivity contribution >= 4 is 39.1 Å². The monoisotopic (exact) mass is 512 g/mol. The Hall–Kier alpha value is -2.00. The molecule has 2 aliphatic rings. The van der Waals surface area contributed by atoms with Crippen molar-refractivity contribution in [2.75, 3.05) is 26.3 Å². The molecule has 7 nitrogen and oxygen atoms in total. The van der Waals surface area contributed by atoms with Crippen LogP contribution in [0.25, 0.3) is 0 Å². The first-order valence-electron chi connectivity index (χ1n) is 10.9. The summed E-state index contributed by atoms with van der Waals surface area (Å²) in [6, 6.07) is 10.4. The van der Waals surface area contributed by atoms with Gasteiger partial charge in [0.1, 0.15) is 13.2 Å². The van der Waals surface area contributed by atoms with Crippen LogP contribution in [-0.2, 0) is 20.6 Å². The summed E-state index contributed by atoms with van der Waals surface area (Å²) in [5, 5.41) is 3.70. The molecule has 1 fully saturated rings. The van der Waals surface area contributed by atoms with Gasteiger partial charge in [-0.2, -0.15) is 0 Å². The molecule has 1 amide bonds. The van der Waals surface area contributed by atoms with E-state index in [4.69, 9.17) is 32.7 Å². The van der Waals surface area contributed by atoms with Crippen molar-refractivity contribution in [2.45, 2.75) is 31.6 Å². The smallest absolute Gasteiger partial charge is 0.223 e. The van der Waals surface area contributed by atoms with Crippen molar-refractivity contribution in [3.05, 3.63) is 57.6 Å². The summed E-state index contributed by atoms with van der Waals surface area (Å²) in [5.74, 6) is 0.791. The summed E-state index contributed by atoms with van der Waals surface area (Å²) in [4.78, 5) is 12.8. The molecule has 1 saturated heterocycles. The predicted octanol–water partition coefficient (Wildman–Crippen LogP) is 4.18. The van der Waals surface area contributed by atoms with Gasteiger partial charge in [0.2, 0.25) is 15.9 Å². The molecule has 178 valence electrons. The standard InChI is InChI=1S/C23H26Cl2N2O5S/c1-15(17-5-6-21-22(13-17)32-12-11-31-21)26-23(28)16-7-9-27(10-8-16)33(29,30)14-18-19(24)3-2-4-20(18)25/h2-6,13,15-16H,7-12,14H2,1H3,(H,26,28)/t15-/m1/s1. The molecule has 0 aliphatic carbocycles. The Labute approximate surface area is 204 Å². The summed E-state index contributed by atoms with van der Waals surface area (Å²) >= 11 is 12.3. The highest BCUT2D eigenvalue weighted by Gasteiger charge is 2.32. The number of halogens is 2. The van der Waals surface area contributed by atoms with E-state index in [-0.39, 0.29) is 36.7 Å². The van der Waals surface area contributed by atoms with Gasteiger partial charge in [0.15, 0.2) is 11.5 Å². The second-order valence-corrected chi connectivity index (χ2v) is 11.0. The predicted molar refractivity (Wildman–Crippen MR) is 127 cm³/mol. The third-order valence-electron chi connectivity index (χ3n) is 6.03. The Morgan fingerprint density at radius 3 is 2.39 bits per heavy atom. The number of nitrogens with zero attached hydrogens (tertiary/aromatic N) is 1. The van der Waals surface area contributed by atoms with E-state index in [0.29, 0.717) is 53.2 Å². The van der Waals surface area contributed by atoms with Crippen LogP contribution in [0.1, 0.15) is 36.9 Å². The molecule has 4 rings (SSSR count). The van der Waals surface area contributed by atoms with Crippen LogP contribution in [-0.4, -0.2) is 44.9 Å². The lowest BCUT2D eigenvalue weighted by Gasteiger charge is -2.31. The summed E-state index contributed by atoms with van der Waals surface area (Å²) in [6.07, 6.45) is 0.907. The summed E-state index contributed by atoms with van der Waals surface area (Å²) in [6.45, 7) is 3.50. The number of sulfonamides is 1. The molecular weight excluding hydrogens is 487 g/mol. The van der Waals surface area contributed by atoms with Gasteiger partial charge in [0, 0.05) is 34.6 Å². The van der Waals surface area contributed by atoms with Gasteiger partial charge in [-0.25, -0.2) is 12.7 Å². The SMILES string of the molecule is C[C@@H](NC(=O)C1CCN(S(=O)(=O)Cc2c(Cl)cccc2Cl)CC1)c1ccc2c(c1)OCCO2. The van der Waals surface area contributed by atoms with Gasteiger partial charge in [-0.1, -0.05) is 35.3 Å². The Kier molecular flexibility index (Phi) is 7.38. The van der Waals surface area contributed by atoms with Gasteiger partial charge >= 0.3 is 0 Å². The van der Waals surface area contributed by atoms with E-state index >= 15 is 0 Å². The number of carbonyl (C=O) groups is 1. The van der Waals surface area contributed by atoms with E-state index in [2.05, 4.69) is 5.32 Å². The van der Waals surface area contributed by atoms with Crippen LogP contribution >= 0.6 is 23.2 Å². The van der Waals surface area contributed by atoms with Gasteiger partial charge in [0.05, 0.1) is 11.8 Å². The van der Waals surface area contributed by atoms with Crippen LogP contribution in [0.2, 0.25) is 10.0 Å². The zero-order chi connectivity index (χ0) is 23.6. The second kappa shape index (κ2) is 10.1. The molecule has 2 aromatic rings. The third-order valence-corrected chi connectivity index (χ3v) is 8.55. The number of hydrogen-bond donors (Lipinski definition) is 1. The molecule has 2 aliphatic heterocycles. The summed E-state index contributed by atoms with van der Waals surface area (Å²) in [7, 11) is -3.60. The van der Waals surface area contributed by atoms with E-state index in [9.17, 15) is 13.2 Å². The van der Waals surface area contributed by atoms with Crippen molar-refractivity contribution in [2.24, 2.45) is 5.92 Å². The molecule has 10 heteroatoms. The zero-order valence-electron chi connectivity index (χ0n) is 18.2. The summed E-state index contributed by atoms with van der Waals surface area (Å²) < 4.78 is 38.4. The van der Waals surface area contributed by atoms with Crippen LogP contribution in [0.15, 0.2) is 36.4 Å². The van der Waals surface area contributed by atoms with Gasteiger partial charge in [-0.15, -0.1) is 0 Å². The van der Waals surface area contributed by atoms with E-state index in [1.807, 2.05) is 25.1 Å². The molecule has 33 heavy (non-hydrogen) atoms. The molecule has 0 bridgehead atoms. The first-order chi connectivity index (χ1) is 15.7. The Bertz CT molecular complexity index is 1110. The topological polar surface area (TPSA) is 84.9 Å². The minimum absolute atomic E-state index is 0.0800. The summed E-state index contributed by atoms with van der Waals surface area (Å²) in [5.41, 5.74) is 1.32. The van der Waals surface area contributed by atoms with Gasteiger partial charge in [0.25, 0.3) is 0 Å². The highest BCUT2D eigenvalue weighted by Crippen LogP contribution is 2.33. The maximum atomic E-state index is 12.9. The molecule has 0 unspecified atom stereocenters. The van der Waals surface area contributed by atoms with Gasteiger partial charge < -0.3 is 14.8 Å². The first-order valence-corrected chi connectivity index (χ1v) is 13.2. The minimum Gasteiger partial charge on any atom is -0.486 e. The average Bonchev–Trinajstić information content (AvgIpc) is 2.81. The zero-order valence-corrected chi connectivity index (χ0v) is 20.5. The number of hydrogen-bond acceptors (Lipinski definition) is 5. The second-order valence-electron chi connectivity index (χ2n) is 8.26. The van der Waals surface area contributed by atoms with Crippen molar-refractivity contribution in [1.82, 2.24) is 9.62 Å². The average molecular weight is 513 g/mol. The van der Waals surface area contributed by atoms with Crippen molar-refractivity contribution in [1.29, 1.82) is 0 Å². The molecular formula is C23H26Cl2N2O5S. The number of amides is 1. The maximum absolute atomic E-state index is 12.9. The number of fused-ring (bicyclic) bond motifs is 1. The molecule has 0 saturated carbocycles.